The summed E-state index contributed by atoms with van der Waals surface area (Å²) in [5.41, 5.74) is 0.168. The van der Waals surface area contributed by atoms with Crippen molar-refractivity contribution in [1.29, 1.82) is 0 Å². The number of nitrogens with zero attached hydrogens (tertiary/aromatic N) is 1. The first-order valence-electron chi connectivity index (χ1n) is 5.17. The average molecular weight is 291 g/mol. The molecule has 1 aromatic heterocycles. The van der Waals surface area contributed by atoms with Crippen molar-refractivity contribution in [3.8, 4) is 0 Å². The van der Waals surface area contributed by atoms with E-state index in [0.717, 1.165) is 0 Å². The van der Waals surface area contributed by atoms with E-state index < -0.39 is 23.8 Å². The number of nitrogens with one attached hydrogen (secondary N) is 1. The third-order valence-electron chi connectivity index (χ3n) is 2.56. The Labute approximate surface area is 114 Å². The molecule has 2 unspecified atom stereocenters. The van der Waals surface area contributed by atoms with Crippen LogP contribution in [0.25, 0.3) is 0 Å². The molecule has 0 fully saturated rings. The molecule has 0 saturated carbocycles. The largest absolute Gasteiger partial charge is 0.481 e. The first-order chi connectivity index (χ1) is 8.32. The monoisotopic (exact) mass is 290 g/mol. The molecule has 1 amide bonds. The summed E-state index contributed by atoms with van der Waals surface area (Å²) in [6, 6.07) is 0.801. The number of rotatable bonds is 4. The zero-order valence-corrected chi connectivity index (χ0v) is 11.3. The van der Waals surface area contributed by atoms with Gasteiger partial charge in [0.2, 0.25) is 0 Å². The second-order valence-corrected chi connectivity index (χ2v) is 4.67. The minimum absolute atomic E-state index is 0.142. The molecule has 0 bridgehead atoms. The Balaban J connectivity index is 2.82. The number of carbonyl (C=O) groups excluding carboxylic acids is 1. The molecule has 2 atom stereocenters. The number of carboxylic acid groups (broad SMARTS) is 1. The van der Waals surface area contributed by atoms with Gasteiger partial charge in [0.05, 0.1) is 16.5 Å². The highest BCUT2D eigenvalue weighted by Gasteiger charge is 2.22. The van der Waals surface area contributed by atoms with Crippen LogP contribution >= 0.6 is 23.2 Å². The van der Waals surface area contributed by atoms with Gasteiger partial charge in [-0.25, -0.2) is 4.98 Å². The van der Waals surface area contributed by atoms with Gasteiger partial charge in [-0.1, -0.05) is 23.2 Å². The van der Waals surface area contributed by atoms with Gasteiger partial charge in [-0.15, -0.1) is 0 Å². The van der Waals surface area contributed by atoms with Gasteiger partial charge in [-0.05, 0) is 19.9 Å². The van der Waals surface area contributed by atoms with Crippen LogP contribution in [-0.4, -0.2) is 28.0 Å². The van der Waals surface area contributed by atoms with Gasteiger partial charge in [-0.3, -0.25) is 9.59 Å². The Hall–Kier alpha value is -1.33. The fraction of sp³-hybridized carbons (Fsp3) is 0.364. The van der Waals surface area contributed by atoms with Crippen LogP contribution in [0.2, 0.25) is 10.2 Å². The zero-order chi connectivity index (χ0) is 13.9. The molecule has 0 aromatic carbocycles. The van der Waals surface area contributed by atoms with Crippen molar-refractivity contribution in [2.75, 3.05) is 0 Å². The maximum absolute atomic E-state index is 11.9. The summed E-state index contributed by atoms with van der Waals surface area (Å²) < 4.78 is 0. The zero-order valence-electron chi connectivity index (χ0n) is 9.78. The normalized spacial score (nSPS) is 13.8. The number of halogens is 2. The highest BCUT2D eigenvalue weighted by atomic mass is 35.5. The molecule has 1 aromatic rings. The van der Waals surface area contributed by atoms with Crippen molar-refractivity contribution in [3.05, 3.63) is 28.0 Å². The standard InChI is InChI=1S/C11H12Cl2N2O3/c1-5(11(17)18)6(2)15-10(16)7-3-9(13)14-4-8(7)12/h3-6H,1-2H3,(H,15,16)(H,17,18). The Morgan fingerprint density at radius 1 is 1.39 bits per heavy atom. The molecule has 98 valence electrons. The molecule has 7 heteroatoms. The Morgan fingerprint density at radius 3 is 2.56 bits per heavy atom. The lowest BCUT2D eigenvalue weighted by atomic mass is 10.0. The molecule has 0 aliphatic carbocycles. The van der Waals surface area contributed by atoms with Crippen LogP contribution in [0.4, 0.5) is 0 Å². The fourth-order valence-corrected chi connectivity index (χ4v) is 1.56. The molecule has 0 aliphatic heterocycles. The van der Waals surface area contributed by atoms with Gasteiger partial charge < -0.3 is 10.4 Å². The van der Waals surface area contributed by atoms with Gasteiger partial charge >= 0.3 is 5.97 Å². The van der Waals surface area contributed by atoms with Crippen LogP contribution in [0, 0.1) is 5.92 Å². The van der Waals surface area contributed by atoms with Crippen molar-refractivity contribution >= 4 is 35.1 Å². The quantitative estimate of drug-likeness (QED) is 0.834. The second kappa shape index (κ2) is 6.02. The van der Waals surface area contributed by atoms with E-state index in [0.29, 0.717) is 0 Å². The van der Waals surface area contributed by atoms with E-state index in [2.05, 4.69) is 10.3 Å². The van der Waals surface area contributed by atoms with Crippen LogP contribution in [0.3, 0.4) is 0 Å². The molecule has 5 nitrogen and oxygen atoms in total. The summed E-state index contributed by atoms with van der Waals surface area (Å²) in [5, 5.41) is 11.7. The van der Waals surface area contributed by atoms with Crippen molar-refractivity contribution < 1.29 is 14.7 Å². The Morgan fingerprint density at radius 2 is 2.00 bits per heavy atom. The lowest BCUT2D eigenvalue weighted by Gasteiger charge is -2.18. The summed E-state index contributed by atoms with van der Waals surface area (Å²) in [6.07, 6.45) is 1.27. The van der Waals surface area contributed by atoms with E-state index in [4.69, 9.17) is 28.3 Å². The van der Waals surface area contributed by atoms with Crippen molar-refractivity contribution in [2.24, 2.45) is 5.92 Å². The van der Waals surface area contributed by atoms with Crippen LogP contribution < -0.4 is 5.32 Å². The average Bonchev–Trinajstić information content (AvgIpc) is 2.30. The maximum Gasteiger partial charge on any atom is 0.308 e. The smallest absolute Gasteiger partial charge is 0.308 e. The van der Waals surface area contributed by atoms with E-state index in [1.807, 2.05) is 0 Å². The predicted octanol–water partition coefficient (Wildman–Crippen LogP) is 2.23. The topological polar surface area (TPSA) is 79.3 Å². The summed E-state index contributed by atoms with van der Waals surface area (Å²) >= 11 is 11.5. The fourth-order valence-electron chi connectivity index (χ4n) is 1.21. The van der Waals surface area contributed by atoms with Crippen molar-refractivity contribution in [1.82, 2.24) is 10.3 Å². The number of carboxylic acids is 1. The number of pyridine rings is 1. The molecule has 1 rings (SSSR count). The number of carbonyl (C=O) groups is 2. The summed E-state index contributed by atoms with van der Waals surface area (Å²) in [4.78, 5) is 26.4. The number of hydrogen-bond acceptors (Lipinski definition) is 3. The first kappa shape index (κ1) is 14.7. The van der Waals surface area contributed by atoms with Crippen molar-refractivity contribution in [2.45, 2.75) is 19.9 Å². The highest BCUT2D eigenvalue weighted by Crippen LogP contribution is 2.18. The first-order valence-corrected chi connectivity index (χ1v) is 5.93. The second-order valence-electron chi connectivity index (χ2n) is 3.88. The number of amides is 1. The molecule has 18 heavy (non-hydrogen) atoms. The molecule has 2 N–H and O–H groups in total. The number of aliphatic carboxylic acids is 1. The molecule has 1 heterocycles. The molecule has 0 saturated heterocycles. The third-order valence-corrected chi connectivity index (χ3v) is 3.07. The Kier molecular flexibility index (Phi) is 4.93. The lowest BCUT2D eigenvalue weighted by Crippen LogP contribution is -2.40. The highest BCUT2D eigenvalue weighted by molar-refractivity contribution is 6.35. The number of hydrogen-bond donors (Lipinski definition) is 2. The molecule has 0 radical (unpaired) electrons. The van der Waals surface area contributed by atoms with E-state index in [9.17, 15) is 9.59 Å². The van der Waals surface area contributed by atoms with E-state index >= 15 is 0 Å². The molecular weight excluding hydrogens is 279 g/mol. The Bertz CT molecular complexity index is 479. The minimum atomic E-state index is -0.985. The number of aromatic nitrogens is 1. The van der Waals surface area contributed by atoms with Gasteiger partial charge in [-0.2, -0.15) is 0 Å². The third kappa shape index (κ3) is 3.58. The van der Waals surface area contributed by atoms with Crippen molar-refractivity contribution in [3.63, 3.8) is 0 Å². The van der Waals surface area contributed by atoms with Crippen LogP contribution in [-0.2, 0) is 4.79 Å². The van der Waals surface area contributed by atoms with E-state index in [1.165, 1.54) is 19.2 Å². The SMILES string of the molecule is CC(NC(=O)c1cc(Cl)ncc1Cl)C(C)C(=O)O. The van der Waals surface area contributed by atoms with Gasteiger partial charge in [0.15, 0.2) is 0 Å². The lowest BCUT2D eigenvalue weighted by molar-refractivity contribution is -0.141. The van der Waals surface area contributed by atoms with Gasteiger partial charge in [0.1, 0.15) is 5.15 Å². The van der Waals surface area contributed by atoms with Crippen LogP contribution in [0.5, 0.6) is 0 Å². The summed E-state index contributed by atoms with van der Waals surface area (Å²) in [6.45, 7) is 3.11. The predicted molar refractivity (Wildman–Crippen MR) is 68.0 cm³/mol. The van der Waals surface area contributed by atoms with E-state index in [1.54, 1.807) is 6.92 Å². The van der Waals surface area contributed by atoms with Crippen LogP contribution in [0.1, 0.15) is 24.2 Å². The molecule has 0 aliphatic rings. The van der Waals surface area contributed by atoms with E-state index in [-0.39, 0.29) is 15.7 Å². The summed E-state index contributed by atoms with van der Waals surface area (Å²) in [5.74, 6) is -2.17. The summed E-state index contributed by atoms with van der Waals surface area (Å²) in [7, 11) is 0. The van der Waals surface area contributed by atoms with Crippen LogP contribution in [0.15, 0.2) is 12.3 Å². The maximum atomic E-state index is 11.9. The minimum Gasteiger partial charge on any atom is -0.481 e. The molecule has 0 spiro atoms. The van der Waals surface area contributed by atoms with Gasteiger partial charge in [0, 0.05) is 12.2 Å². The molecular formula is C11H12Cl2N2O3. The van der Waals surface area contributed by atoms with Gasteiger partial charge in [0.25, 0.3) is 5.91 Å².